The first-order valence-corrected chi connectivity index (χ1v) is 11.7. The van der Waals surface area contributed by atoms with Crippen molar-refractivity contribution < 1.29 is 18.0 Å². The largest absolute Gasteiger partial charge is 0.416 e. The van der Waals surface area contributed by atoms with Crippen molar-refractivity contribution in [2.75, 3.05) is 30.5 Å². The molecule has 1 saturated heterocycles. The summed E-state index contributed by atoms with van der Waals surface area (Å²) in [7, 11) is 2.13. The molecule has 0 aliphatic carbocycles. The summed E-state index contributed by atoms with van der Waals surface area (Å²) in [5.41, 5.74) is 2.92. The van der Waals surface area contributed by atoms with Gasteiger partial charge in [-0.2, -0.15) is 13.2 Å². The lowest BCUT2D eigenvalue weighted by molar-refractivity contribution is -0.137. The standard InChI is InChI=1S/C25H28F3N7O/c1-34-14-4-8-21(34)10-13-31-24-30-12-9-20(33-24)17-32-35(23(36)18-5-3-11-29-16-18)22-7-2-6-19(15-22)25(26,27)28/h2-3,5-7,9,11-12,15-16,21,32H,4,8,10,13-14,17H2,1H3,(H,30,31,33). The van der Waals surface area contributed by atoms with Crippen LogP contribution < -0.4 is 15.8 Å². The number of alkyl halides is 3. The van der Waals surface area contributed by atoms with Gasteiger partial charge >= 0.3 is 6.18 Å². The minimum atomic E-state index is -4.54. The highest BCUT2D eigenvalue weighted by Crippen LogP contribution is 2.31. The van der Waals surface area contributed by atoms with E-state index in [2.05, 4.69) is 37.6 Å². The van der Waals surface area contributed by atoms with Crippen molar-refractivity contribution in [2.24, 2.45) is 0 Å². The summed E-state index contributed by atoms with van der Waals surface area (Å²) >= 11 is 0. The van der Waals surface area contributed by atoms with Crippen molar-refractivity contribution in [1.82, 2.24) is 25.3 Å². The van der Waals surface area contributed by atoms with E-state index in [0.717, 1.165) is 36.7 Å². The van der Waals surface area contributed by atoms with Crippen molar-refractivity contribution in [1.29, 1.82) is 0 Å². The van der Waals surface area contributed by atoms with Gasteiger partial charge in [0, 0.05) is 31.2 Å². The predicted octanol–water partition coefficient (Wildman–Crippen LogP) is 4.14. The Morgan fingerprint density at radius 1 is 1.19 bits per heavy atom. The Morgan fingerprint density at radius 2 is 2.06 bits per heavy atom. The van der Waals surface area contributed by atoms with Gasteiger partial charge in [0.2, 0.25) is 5.95 Å². The summed E-state index contributed by atoms with van der Waals surface area (Å²) < 4.78 is 39.9. The highest BCUT2D eigenvalue weighted by atomic mass is 19.4. The Bertz CT molecular complexity index is 1160. The smallest absolute Gasteiger partial charge is 0.354 e. The lowest BCUT2D eigenvalue weighted by Gasteiger charge is -2.24. The summed E-state index contributed by atoms with van der Waals surface area (Å²) in [6.45, 7) is 1.93. The molecule has 0 saturated carbocycles. The second-order valence-corrected chi connectivity index (χ2v) is 8.63. The second-order valence-electron chi connectivity index (χ2n) is 8.63. The van der Waals surface area contributed by atoms with Gasteiger partial charge in [-0.05, 0) is 69.3 Å². The van der Waals surface area contributed by atoms with Crippen molar-refractivity contribution in [3.8, 4) is 0 Å². The average molecular weight is 500 g/mol. The minimum absolute atomic E-state index is 0.0479. The summed E-state index contributed by atoms with van der Waals surface area (Å²) in [4.78, 5) is 28.2. The molecular formula is C25H28F3N7O. The molecule has 0 radical (unpaired) electrons. The van der Waals surface area contributed by atoms with Gasteiger partial charge in [-0.25, -0.2) is 20.4 Å². The number of anilines is 2. The zero-order valence-electron chi connectivity index (χ0n) is 19.9. The molecule has 11 heteroatoms. The fourth-order valence-corrected chi connectivity index (χ4v) is 4.15. The monoisotopic (exact) mass is 499 g/mol. The highest BCUT2D eigenvalue weighted by molar-refractivity contribution is 6.05. The lowest BCUT2D eigenvalue weighted by Crippen LogP contribution is -2.43. The molecular weight excluding hydrogens is 471 g/mol. The Kier molecular flexibility index (Phi) is 8.11. The molecule has 2 N–H and O–H groups in total. The van der Waals surface area contributed by atoms with Gasteiger partial charge in [-0.3, -0.25) is 9.78 Å². The first-order valence-electron chi connectivity index (χ1n) is 11.7. The van der Waals surface area contributed by atoms with Gasteiger partial charge in [0.05, 0.1) is 29.1 Å². The number of hydrogen-bond acceptors (Lipinski definition) is 7. The van der Waals surface area contributed by atoms with E-state index in [1.54, 1.807) is 24.4 Å². The molecule has 1 amide bonds. The lowest BCUT2D eigenvalue weighted by atomic mass is 10.1. The van der Waals surface area contributed by atoms with Gasteiger partial charge in [0.15, 0.2) is 0 Å². The molecule has 1 atom stereocenters. The van der Waals surface area contributed by atoms with E-state index >= 15 is 0 Å². The van der Waals surface area contributed by atoms with E-state index in [1.165, 1.54) is 37.4 Å². The molecule has 1 unspecified atom stereocenters. The number of halogens is 3. The number of aromatic nitrogens is 3. The fourth-order valence-electron chi connectivity index (χ4n) is 4.15. The third-order valence-electron chi connectivity index (χ3n) is 6.11. The summed E-state index contributed by atoms with van der Waals surface area (Å²) in [6, 6.07) is 9.94. The second kappa shape index (κ2) is 11.4. The predicted molar refractivity (Wildman–Crippen MR) is 130 cm³/mol. The van der Waals surface area contributed by atoms with Crippen LogP contribution >= 0.6 is 0 Å². The number of amides is 1. The molecule has 4 rings (SSSR count). The van der Waals surface area contributed by atoms with Gasteiger partial charge in [-0.1, -0.05) is 6.07 Å². The van der Waals surface area contributed by atoms with Gasteiger partial charge in [-0.15, -0.1) is 0 Å². The van der Waals surface area contributed by atoms with Crippen LogP contribution in [0.15, 0.2) is 61.1 Å². The Balaban J connectivity index is 1.47. The number of carbonyl (C=O) groups excluding carboxylic acids is 1. The van der Waals surface area contributed by atoms with E-state index < -0.39 is 17.6 Å². The number of benzene rings is 1. The Morgan fingerprint density at radius 3 is 2.78 bits per heavy atom. The molecule has 1 aliphatic rings. The molecule has 1 fully saturated rings. The number of hydrazine groups is 1. The number of nitrogens with one attached hydrogen (secondary N) is 2. The van der Waals surface area contributed by atoms with Gasteiger partial charge in [0.1, 0.15) is 0 Å². The van der Waals surface area contributed by atoms with Crippen LogP contribution in [-0.2, 0) is 12.7 Å². The van der Waals surface area contributed by atoms with E-state index in [-0.39, 0.29) is 17.8 Å². The molecule has 2 aromatic heterocycles. The normalized spacial score (nSPS) is 16.2. The molecule has 3 aromatic rings. The van der Waals surface area contributed by atoms with E-state index in [0.29, 0.717) is 17.7 Å². The average Bonchev–Trinajstić information content (AvgIpc) is 3.29. The van der Waals surface area contributed by atoms with Crippen LogP contribution in [0.4, 0.5) is 24.8 Å². The summed E-state index contributed by atoms with van der Waals surface area (Å²) in [6.07, 6.45) is 3.30. The zero-order valence-corrected chi connectivity index (χ0v) is 19.9. The van der Waals surface area contributed by atoms with E-state index in [4.69, 9.17) is 0 Å². The molecule has 0 bridgehead atoms. The summed E-state index contributed by atoms with van der Waals surface area (Å²) in [5, 5.41) is 4.31. The number of nitrogens with zero attached hydrogens (tertiary/aromatic N) is 5. The molecule has 190 valence electrons. The molecule has 3 heterocycles. The van der Waals surface area contributed by atoms with Crippen molar-refractivity contribution in [2.45, 2.75) is 38.0 Å². The number of hydrogen-bond donors (Lipinski definition) is 2. The van der Waals surface area contributed by atoms with Crippen LogP contribution in [0.3, 0.4) is 0 Å². The maximum Gasteiger partial charge on any atom is 0.416 e. The van der Waals surface area contributed by atoms with Crippen LogP contribution in [0.1, 0.15) is 40.9 Å². The molecule has 0 spiro atoms. The van der Waals surface area contributed by atoms with Crippen molar-refractivity contribution in [3.63, 3.8) is 0 Å². The van der Waals surface area contributed by atoms with Gasteiger partial charge in [0.25, 0.3) is 5.91 Å². The van der Waals surface area contributed by atoms with Crippen LogP contribution in [0.2, 0.25) is 0 Å². The number of pyridine rings is 1. The minimum Gasteiger partial charge on any atom is -0.354 e. The number of likely N-dealkylation sites (tertiary alicyclic amines) is 1. The quantitative estimate of drug-likeness (QED) is 0.428. The number of carbonyl (C=O) groups is 1. The topological polar surface area (TPSA) is 86.3 Å². The highest BCUT2D eigenvalue weighted by Gasteiger charge is 2.31. The molecule has 1 aliphatic heterocycles. The third-order valence-corrected chi connectivity index (χ3v) is 6.11. The first-order chi connectivity index (χ1) is 17.3. The number of rotatable bonds is 9. The maximum absolute atomic E-state index is 13.3. The molecule has 1 aromatic carbocycles. The molecule has 36 heavy (non-hydrogen) atoms. The first kappa shape index (κ1) is 25.5. The fraction of sp³-hybridized carbons (Fsp3) is 0.360. The Labute approximate surface area is 207 Å². The van der Waals surface area contributed by atoms with Crippen LogP contribution in [0.25, 0.3) is 0 Å². The molecule has 8 nitrogen and oxygen atoms in total. The van der Waals surface area contributed by atoms with Gasteiger partial charge < -0.3 is 10.2 Å². The summed E-state index contributed by atoms with van der Waals surface area (Å²) in [5.74, 6) is -0.0883. The Hall–Kier alpha value is -3.57. The van der Waals surface area contributed by atoms with Crippen molar-refractivity contribution in [3.05, 3.63) is 77.9 Å². The van der Waals surface area contributed by atoms with Crippen LogP contribution in [0.5, 0.6) is 0 Å². The third kappa shape index (κ3) is 6.55. The maximum atomic E-state index is 13.3. The van der Waals surface area contributed by atoms with E-state index in [9.17, 15) is 18.0 Å². The van der Waals surface area contributed by atoms with Crippen LogP contribution in [-0.4, -0.2) is 51.9 Å². The zero-order chi connectivity index (χ0) is 25.5. The SMILES string of the molecule is CN1CCCC1CCNc1nccc(CNN(C(=O)c2cccnc2)c2cccc(C(F)(F)F)c2)n1. The van der Waals surface area contributed by atoms with Crippen molar-refractivity contribution >= 4 is 17.5 Å². The van der Waals surface area contributed by atoms with Crippen LogP contribution in [0, 0.1) is 0 Å². The van der Waals surface area contributed by atoms with E-state index in [1.807, 2.05) is 0 Å².